The van der Waals surface area contributed by atoms with Crippen LogP contribution in [0.5, 0.6) is 0 Å². The Hall–Kier alpha value is -1.12. The maximum absolute atomic E-state index is 6.21. The molecule has 18 heavy (non-hydrogen) atoms. The van der Waals surface area contributed by atoms with Gasteiger partial charge in [0.25, 0.3) is 0 Å². The molecule has 1 heterocycles. The summed E-state index contributed by atoms with van der Waals surface area (Å²) in [4.78, 5) is 8.64. The van der Waals surface area contributed by atoms with E-state index in [2.05, 4.69) is 16.9 Å². The van der Waals surface area contributed by atoms with Crippen molar-refractivity contribution in [1.82, 2.24) is 9.97 Å². The Morgan fingerprint density at radius 1 is 1.00 bits per heavy atom. The van der Waals surface area contributed by atoms with Gasteiger partial charge in [0.1, 0.15) is 16.1 Å². The molecule has 0 fully saturated rings. The van der Waals surface area contributed by atoms with E-state index in [4.69, 9.17) is 23.2 Å². The Bertz CT molecular complexity index is 504. The molecule has 0 spiro atoms. The highest BCUT2D eigenvalue weighted by atomic mass is 35.5. The van der Waals surface area contributed by atoms with Gasteiger partial charge >= 0.3 is 0 Å². The van der Waals surface area contributed by atoms with Gasteiger partial charge in [0.15, 0.2) is 0 Å². The van der Waals surface area contributed by atoms with E-state index < -0.39 is 0 Å². The largest absolute Gasteiger partial charge is 0.220 e. The zero-order chi connectivity index (χ0) is 13.0. The van der Waals surface area contributed by atoms with Gasteiger partial charge < -0.3 is 0 Å². The number of unbranched alkanes of at least 4 members (excludes halogenated alkanes) is 1. The highest BCUT2D eigenvalue weighted by Gasteiger charge is 2.13. The molecule has 0 amide bonds. The summed E-state index contributed by atoms with van der Waals surface area (Å²) in [6, 6.07) is 9.71. The van der Waals surface area contributed by atoms with Gasteiger partial charge in [-0.1, -0.05) is 66.9 Å². The lowest BCUT2D eigenvalue weighted by molar-refractivity contribution is 0.753. The average molecular weight is 281 g/mol. The monoisotopic (exact) mass is 280 g/mol. The minimum absolute atomic E-state index is 0.423. The van der Waals surface area contributed by atoms with E-state index in [1.54, 1.807) is 0 Å². The van der Waals surface area contributed by atoms with E-state index in [-0.39, 0.29) is 0 Å². The summed E-state index contributed by atoms with van der Waals surface area (Å²) in [5.41, 5.74) is 1.65. The fourth-order valence-corrected chi connectivity index (χ4v) is 2.38. The fraction of sp³-hybridized carbons (Fsp3) is 0.286. The quantitative estimate of drug-likeness (QED) is 0.753. The van der Waals surface area contributed by atoms with Gasteiger partial charge in [-0.05, 0) is 12.0 Å². The van der Waals surface area contributed by atoms with Crippen molar-refractivity contribution in [3.8, 4) is 11.1 Å². The molecule has 2 aromatic rings. The lowest BCUT2D eigenvalue weighted by Crippen LogP contribution is -1.98. The lowest BCUT2D eigenvalue weighted by atomic mass is 10.1. The molecule has 0 aliphatic rings. The van der Waals surface area contributed by atoms with Gasteiger partial charge in [0, 0.05) is 6.42 Å². The van der Waals surface area contributed by atoms with Crippen LogP contribution in [0, 0.1) is 0 Å². The molecule has 2 rings (SSSR count). The summed E-state index contributed by atoms with van der Waals surface area (Å²) < 4.78 is 0. The SMILES string of the molecule is CCCCc1nc(Cl)c(-c2ccccc2)c(Cl)n1. The van der Waals surface area contributed by atoms with Crippen LogP contribution in [0.4, 0.5) is 0 Å². The Kier molecular flexibility index (Phi) is 4.56. The molecular formula is C14H14Cl2N2. The van der Waals surface area contributed by atoms with E-state index in [0.29, 0.717) is 21.7 Å². The van der Waals surface area contributed by atoms with Crippen molar-refractivity contribution in [3.63, 3.8) is 0 Å². The number of halogens is 2. The summed E-state index contributed by atoms with van der Waals surface area (Å²) >= 11 is 12.4. The minimum Gasteiger partial charge on any atom is -0.220 e. The van der Waals surface area contributed by atoms with Crippen LogP contribution in [-0.2, 0) is 6.42 Å². The second kappa shape index (κ2) is 6.17. The highest BCUT2D eigenvalue weighted by molar-refractivity contribution is 6.37. The van der Waals surface area contributed by atoms with E-state index in [0.717, 1.165) is 24.8 Å². The predicted octanol–water partition coefficient (Wildman–Crippen LogP) is 4.79. The number of rotatable bonds is 4. The molecule has 94 valence electrons. The van der Waals surface area contributed by atoms with E-state index in [1.807, 2.05) is 30.3 Å². The van der Waals surface area contributed by atoms with Crippen LogP contribution < -0.4 is 0 Å². The Morgan fingerprint density at radius 2 is 1.61 bits per heavy atom. The first-order valence-corrected chi connectivity index (χ1v) is 6.75. The third-order valence-corrected chi connectivity index (χ3v) is 3.23. The van der Waals surface area contributed by atoms with E-state index in [1.165, 1.54) is 0 Å². The molecule has 0 atom stereocenters. The third-order valence-electron chi connectivity index (χ3n) is 2.68. The molecule has 0 saturated heterocycles. The molecule has 0 unspecified atom stereocenters. The average Bonchev–Trinajstić information content (AvgIpc) is 2.37. The number of hydrogen-bond donors (Lipinski definition) is 0. The van der Waals surface area contributed by atoms with E-state index in [9.17, 15) is 0 Å². The first-order chi connectivity index (χ1) is 8.72. The van der Waals surface area contributed by atoms with Crippen LogP contribution in [0.1, 0.15) is 25.6 Å². The van der Waals surface area contributed by atoms with Crippen LogP contribution >= 0.6 is 23.2 Å². The van der Waals surface area contributed by atoms with Crippen LogP contribution in [0.2, 0.25) is 10.3 Å². The van der Waals surface area contributed by atoms with Crippen molar-refractivity contribution in [1.29, 1.82) is 0 Å². The Morgan fingerprint density at radius 3 is 2.17 bits per heavy atom. The van der Waals surface area contributed by atoms with Crippen LogP contribution in [0.15, 0.2) is 30.3 Å². The topological polar surface area (TPSA) is 25.8 Å². The van der Waals surface area contributed by atoms with Crippen molar-refractivity contribution in [3.05, 3.63) is 46.5 Å². The molecule has 0 N–H and O–H groups in total. The van der Waals surface area contributed by atoms with Gasteiger partial charge in [-0.3, -0.25) is 0 Å². The molecule has 0 saturated carbocycles. The van der Waals surface area contributed by atoms with Gasteiger partial charge in [0.2, 0.25) is 0 Å². The summed E-state index contributed by atoms with van der Waals surface area (Å²) in [5.74, 6) is 0.714. The van der Waals surface area contributed by atoms with Crippen LogP contribution in [0.3, 0.4) is 0 Å². The first-order valence-electron chi connectivity index (χ1n) is 5.99. The number of hydrogen-bond acceptors (Lipinski definition) is 2. The molecule has 1 aromatic carbocycles. The van der Waals surface area contributed by atoms with Crippen molar-refractivity contribution in [2.24, 2.45) is 0 Å². The molecule has 0 aliphatic carbocycles. The molecular weight excluding hydrogens is 267 g/mol. The van der Waals surface area contributed by atoms with Gasteiger partial charge in [-0.2, -0.15) is 0 Å². The third kappa shape index (κ3) is 3.01. The minimum atomic E-state index is 0.423. The zero-order valence-corrected chi connectivity index (χ0v) is 11.7. The summed E-state index contributed by atoms with van der Waals surface area (Å²) in [7, 11) is 0. The molecule has 4 heteroatoms. The molecule has 0 bridgehead atoms. The number of benzene rings is 1. The number of nitrogens with zero attached hydrogens (tertiary/aromatic N) is 2. The van der Waals surface area contributed by atoms with Crippen LogP contribution in [-0.4, -0.2) is 9.97 Å². The Balaban J connectivity index is 2.38. The molecule has 0 aliphatic heterocycles. The second-order valence-corrected chi connectivity index (χ2v) is 4.78. The summed E-state index contributed by atoms with van der Waals surface area (Å²) in [6.45, 7) is 2.13. The van der Waals surface area contributed by atoms with Gasteiger partial charge in [0.05, 0.1) is 5.56 Å². The van der Waals surface area contributed by atoms with Gasteiger partial charge in [-0.15, -0.1) is 0 Å². The zero-order valence-electron chi connectivity index (χ0n) is 10.2. The van der Waals surface area contributed by atoms with Crippen molar-refractivity contribution in [2.45, 2.75) is 26.2 Å². The maximum atomic E-state index is 6.21. The molecule has 0 radical (unpaired) electrons. The van der Waals surface area contributed by atoms with Crippen LogP contribution in [0.25, 0.3) is 11.1 Å². The van der Waals surface area contributed by atoms with E-state index >= 15 is 0 Å². The van der Waals surface area contributed by atoms with Crippen molar-refractivity contribution in [2.75, 3.05) is 0 Å². The predicted molar refractivity (Wildman–Crippen MR) is 76.1 cm³/mol. The van der Waals surface area contributed by atoms with Gasteiger partial charge in [-0.25, -0.2) is 9.97 Å². The lowest BCUT2D eigenvalue weighted by Gasteiger charge is -2.08. The number of aryl methyl sites for hydroxylation is 1. The summed E-state index contributed by atoms with van der Waals surface area (Å²) in [6.07, 6.45) is 2.95. The molecule has 1 aromatic heterocycles. The normalized spacial score (nSPS) is 10.6. The molecule has 2 nitrogen and oxygen atoms in total. The first kappa shape index (κ1) is 13.3. The highest BCUT2D eigenvalue weighted by Crippen LogP contribution is 2.32. The fourth-order valence-electron chi connectivity index (χ4n) is 1.74. The second-order valence-electron chi connectivity index (χ2n) is 4.07. The Labute approximate surface area is 117 Å². The standard InChI is InChI=1S/C14H14Cl2N2/c1-2-3-9-11-17-13(15)12(14(16)18-11)10-7-5-4-6-8-10/h4-8H,2-3,9H2,1H3. The van der Waals surface area contributed by atoms with Crippen molar-refractivity contribution < 1.29 is 0 Å². The number of aromatic nitrogens is 2. The maximum Gasteiger partial charge on any atom is 0.142 e. The smallest absolute Gasteiger partial charge is 0.142 e. The summed E-state index contributed by atoms with van der Waals surface area (Å²) in [5, 5.41) is 0.847. The van der Waals surface area contributed by atoms with Crippen molar-refractivity contribution >= 4 is 23.2 Å².